The zero-order valence-corrected chi connectivity index (χ0v) is 13.2. The van der Waals surface area contributed by atoms with E-state index in [-0.39, 0.29) is 5.92 Å². The van der Waals surface area contributed by atoms with E-state index in [1.54, 1.807) is 30.5 Å². The minimum Gasteiger partial charge on any atom is -0.455 e. The van der Waals surface area contributed by atoms with Gasteiger partial charge in [0, 0.05) is 11.5 Å². The van der Waals surface area contributed by atoms with Crippen LogP contribution in [-0.2, 0) is 11.2 Å². The number of rotatable bonds is 4. The molecule has 1 N–H and O–H groups in total. The van der Waals surface area contributed by atoms with Gasteiger partial charge in [-0.1, -0.05) is 31.7 Å². The van der Waals surface area contributed by atoms with E-state index < -0.39 is 18.2 Å². The number of cyclic esters (lactones) is 1. The maximum absolute atomic E-state index is 12.1. The molecule has 2 heterocycles. The molecule has 0 fully saturated rings. The fraction of sp³-hybridized carbons (Fsp3) is 0.333. The number of hydrogen-bond donors (Lipinski definition) is 1. The first-order valence-corrected chi connectivity index (χ1v) is 7.55. The molecule has 0 spiro atoms. The number of esters is 1. The summed E-state index contributed by atoms with van der Waals surface area (Å²) in [7, 11) is 0. The number of hydrogen-bond acceptors (Lipinski definition) is 5. The molecular weight excluding hydrogens is 294 g/mol. The predicted octanol–water partition coefficient (Wildman–Crippen LogP) is 3.16. The van der Waals surface area contributed by atoms with Crippen molar-refractivity contribution in [2.24, 2.45) is 5.92 Å². The van der Waals surface area contributed by atoms with Gasteiger partial charge in [-0.2, -0.15) is 0 Å². The highest BCUT2D eigenvalue weighted by atomic mass is 16.6. The maximum atomic E-state index is 12.1. The van der Waals surface area contributed by atoms with Crippen LogP contribution in [0.3, 0.4) is 0 Å². The quantitative estimate of drug-likeness (QED) is 0.878. The summed E-state index contributed by atoms with van der Waals surface area (Å²) < 4.78 is 10.8. The van der Waals surface area contributed by atoms with E-state index in [4.69, 9.17) is 9.15 Å². The van der Waals surface area contributed by atoms with Gasteiger partial charge in [0.05, 0.1) is 11.3 Å². The Labute approximate surface area is 134 Å². The van der Waals surface area contributed by atoms with Gasteiger partial charge < -0.3 is 14.3 Å². The summed E-state index contributed by atoms with van der Waals surface area (Å²) in [5, 5.41) is 10.5. The predicted molar refractivity (Wildman–Crippen MR) is 84.7 cm³/mol. The minimum atomic E-state index is -0.841. The van der Waals surface area contributed by atoms with E-state index in [0.717, 1.165) is 11.3 Å². The summed E-state index contributed by atoms with van der Waals surface area (Å²) in [6, 6.07) is 6.98. The number of ether oxygens (including phenoxy) is 1. The van der Waals surface area contributed by atoms with Crippen molar-refractivity contribution >= 4 is 11.5 Å². The van der Waals surface area contributed by atoms with Gasteiger partial charge in [0.1, 0.15) is 18.5 Å². The molecule has 3 atom stereocenters. The Morgan fingerprint density at radius 1 is 1.43 bits per heavy atom. The van der Waals surface area contributed by atoms with Crippen molar-refractivity contribution in [2.75, 3.05) is 0 Å². The van der Waals surface area contributed by atoms with Gasteiger partial charge in [-0.25, -0.2) is 9.78 Å². The zero-order chi connectivity index (χ0) is 16.6. The molecule has 0 saturated carbocycles. The first-order chi connectivity index (χ1) is 11.0. The van der Waals surface area contributed by atoms with Crippen LogP contribution in [0.25, 0.3) is 5.57 Å². The third-order valence-corrected chi connectivity index (χ3v) is 4.06. The molecule has 5 nitrogen and oxygen atoms in total. The number of carbonyl (C=O) groups is 1. The number of fused-ring (bicyclic) bond motifs is 1. The average molecular weight is 313 g/mol. The molecule has 3 rings (SSSR count). The second-order valence-corrected chi connectivity index (χ2v) is 6.01. The van der Waals surface area contributed by atoms with Crippen LogP contribution in [0.5, 0.6) is 0 Å². The van der Waals surface area contributed by atoms with Crippen LogP contribution >= 0.6 is 0 Å². The Bertz CT molecular complexity index is 749. The standard InChI is InChI=1S/C18H19NO4/c1-10(2)17-19-12(9-22-17)8-11(3)16-15(20)13-6-4-5-7-14(13)18(21)23-16/h4-7,9,11,15-16,20H,1,8H2,2-3H3/t11-,15+,16+/m1/s1. The summed E-state index contributed by atoms with van der Waals surface area (Å²) >= 11 is 0. The summed E-state index contributed by atoms with van der Waals surface area (Å²) in [5.74, 6) is -0.00496. The highest BCUT2D eigenvalue weighted by Gasteiger charge is 2.37. The third-order valence-electron chi connectivity index (χ3n) is 4.06. The van der Waals surface area contributed by atoms with Crippen molar-refractivity contribution in [2.45, 2.75) is 32.5 Å². The Hall–Kier alpha value is -2.40. The Morgan fingerprint density at radius 3 is 2.87 bits per heavy atom. The van der Waals surface area contributed by atoms with Crippen LogP contribution in [0.1, 0.15) is 47.5 Å². The summed E-state index contributed by atoms with van der Waals surface area (Å²) in [5.41, 5.74) is 2.54. The number of aromatic nitrogens is 1. The fourth-order valence-electron chi connectivity index (χ4n) is 2.84. The van der Waals surface area contributed by atoms with Crippen molar-refractivity contribution in [1.29, 1.82) is 0 Å². The van der Waals surface area contributed by atoms with Gasteiger partial charge in [-0.15, -0.1) is 0 Å². The Morgan fingerprint density at radius 2 is 2.17 bits per heavy atom. The first-order valence-electron chi connectivity index (χ1n) is 7.55. The lowest BCUT2D eigenvalue weighted by molar-refractivity contribution is -0.0509. The van der Waals surface area contributed by atoms with Crippen LogP contribution in [0.4, 0.5) is 0 Å². The number of aliphatic hydroxyl groups excluding tert-OH is 1. The number of allylic oxidation sites excluding steroid dienone is 1. The van der Waals surface area contributed by atoms with E-state index in [2.05, 4.69) is 11.6 Å². The highest BCUT2D eigenvalue weighted by Crippen LogP contribution is 2.34. The van der Waals surface area contributed by atoms with E-state index in [1.807, 2.05) is 13.8 Å². The molecule has 0 amide bonds. The first kappa shape index (κ1) is 15.5. The molecule has 1 aliphatic rings. The molecule has 0 aliphatic carbocycles. The lowest BCUT2D eigenvalue weighted by Crippen LogP contribution is -2.37. The molecule has 0 saturated heterocycles. The normalized spacial score (nSPS) is 21.4. The van der Waals surface area contributed by atoms with Crippen LogP contribution in [0, 0.1) is 5.92 Å². The van der Waals surface area contributed by atoms with E-state index in [0.29, 0.717) is 23.4 Å². The summed E-state index contributed by atoms with van der Waals surface area (Å²) in [6.45, 7) is 7.53. The highest BCUT2D eigenvalue weighted by molar-refractivity contribution is 5.92. The van der Waals surface area contributed by atoms with Crippen molar-refractivity contribution < 1.29 is 19.1 Å². The number of nitrogens with zero attached hydrogens (tertiary/aromatic N) is 1. The summed E-state index contributed by atoms with van der Waals surface area (Å²) in [4.78, 5) is 16.5. The SMILES string of the molecule is C=C(C)c1nc(C[C@@H](C)[C@@H]2OC(=O)c3ccccc3[C@@H]2O)co1. The maximum Gasteiger partial charge on any atom is 0.338 e. The van der Waals surface area contributed by atoms with Crippen molar-refractivity contribution in [3.8, 4) is 0 Å². The van der Waals surface area contributed by atoms with Crippen LogP contribution in [0.2, 0.25) is 0 Å². The molecule has 0 bridgehead atoms. The van der Waals surface area contributed by atoms with Gasteiger partial charge in [0.15, 0.2) is 0 Å². The largest absolute Gasteiger partial charge is 0.455 e. The third kappa shape index (κ3) is 2.92. The lowest BCUT2D eigenvalue weighted by atomic mass is 9.87. The molecule has 5 heteroatoms. The number of carbonyl (C=O) groups excluding carboxylic acids is 1. The van der Waals surface area contributed by atoms with Crippen molar-refractivity contribution in [3.63, 3.8) is 0 Å². The van der Waals surface area contributed by atoms with Crippen LogP contribution in [0.15, 0.2) is 41.5 Å². The van der Waals surface area contributed by atoms with Gasteiger partial charge in [-0.05, 0) is 25.0 Å². The van der Waals surface area contributed by atoms with E-state index in [1.165, 1.54) is 0 Å². The lowest BCUT2D eigenvalue weighted by Gasteiger charge is -2.33. The van der Waals surface area contributed by atoms with Crippen molar-refractivity contribution in [1.82, 2.24) is 4.98 Å². The van der Waals surface area contributed by atoms with E-state index >= 15 is 0 Å². The second kappa shape index (κ2) is 6.01. The van der Waals surface area contributed by atoms with Gasteiger partial charge in [-0.3, -0.25) is 0 Å². The Balaban J connectivity index is 1.78. The molecular formula is C18H19NO4. The molecule has 1 aromatic heterocycles. The topological polar surface area (TPSA) is 72.6 Å². The van der Waals surface area contributed by atoms with Crippen LogP contribution in [-0.4, -0.2) is 22.2 Å². The number of oxazole rings is 1. The molecule has 0 unspecified atom stereocenters. The van der Waals surface area contributed by atoms with Crippen LogP contribution < -0.4 is 0 Å². The molecule has 0 radical (unpaired) electrons. The molecule has 120 valence electrons. The average Bonchev–Trinajstić information content (AvgIpc) is 2.99. The monoisotopic (exact) mass is 313 g/mol. The van der Waals surface area contributed by atoms with Crippen molar-refractivity contribution in [3.05, 3.63) is 59.8 Å². The van der Waals surface area contributed by atoms with Gasteiger partial charge in [0.2, 0.25) is 5.89 Å². The van der Waals surface area contributed by atoms with Gasteiger partial charge in [0.25, 0.3) is 0 Å². The Kier molecular flexibility index (Phi) is 4.05. The van der Waals surface area contributed by atoms with Gasteiger partial charge >= 0.3 is 5.97 Å². The minimum absolute atomic E-state index is 0.106. The smallest absolute Gasteiger partial charge is 0.338 e. The fourth-order valence-corrected chi connectivity index (χ4v) is 2.84. The number of benzene rings is 1. The molecule has 1 aromatic carbocycles. The molecule has 23 heavy (non-hydrogen) atoms. The number of aliphatic hydroxyl groups is 1. The van der Waals surface area contributed by atoms with E-state index in [9.17, 15) is 9.90 Å². The molecule has 1 aliphatic heterocycles. The molecule has 2 aromatic rings. The second-order valence-electron chi connectivity index (χ2n) is 6.01. The summed E-state index contributed by atoms with van der Waals surface area (Å²) in [6.07, 6.45) is 0.660. The zero-order valence-electron chi connectivity index (χ0n) is 13.2.